The Kier molecular flexibility index (Phi) is 4.67. The van der Waals surface area contributed by atoms with Gasteiger partial charge in [0.25, 0.3) is 0 Å². The highest BCUT2D eigenvalue weighted by molar-refractivity contribution is 9.10. The summed E-state index contributed by atoms with van der Waals surface area (Å²) < 4.78 is 47.3. The lowest BCUT2D eigenvalue weighted by Gasteiger charge is -2.13. The summed E-state index contributed by atoms with van der Waals surface area (Å²) >= 11 is 3.04. The van der Waals surface area contributed by atoms with Crippen LogP contribution in [0.3, 0.4) is 0 Å². The summed E-state index contributed by atoms with van der Waals surface area (Å²) in [5.74, 6) is 0.516. The maximum absolute atomic E-state index is 12.5. The van der Waals surface area contributed by atoms with Crippen molar-refractivity contribution < 1.29 is 22.3 Å². The molecular formula is C17H11BrF3N5O2. The number of anilines is 1. The van der Waals surface area contributed by atoms with E-state index in [1.54, 1.807) is 12.1 Å². The number of benzene rings is 2. The molecule has 0 unspecified atom stereocenters. The van der Waals surface area contributed by atoms with Crippen LogP contribution < -0.4 is 10.1 Å². The highest BCUT2D eigenvalue weighted by Crippen LogP contribution is 2.33. The topological polar surface area (TPSA) is 88.9 Å². The molecule has 2 aromatic heterocycles. The number of halogens is 4. The molecule has 7 nitrogen and oxygen atoms in total. The zero-order chi connectivity index (χ0) is 19.7. The molecule has 0 aliphatic heterocycles. The van der Waals surface area contributed by atoms with E-state index in [0.29, 0.717) is 29.4 Å². The molecule has 4 aromatic rings. The second kappa shape index (κ2) is 7.15. The second-order valence-electron chi connectivity index (χ2n) is 5.76. The fourth-order valence-corrected chi connectivity index (χ4v) is 2.91. The molecule has 0 aliphatic carbocycles. The Morgan fingerprint density at radius 1 is 1.14 bits per heavy atom. The molecule has 0 saturated carbocycles. The van der Waals surface area contributed by atoms with Crippen LogP contribution in [-0.4, -0.2) is 27.0 Å². The van der Waals surface area contributed by atoms with Crippen molar-refractivity contribution in [3.05, 3.63) is 52.5 Å². The predicted octanol–water partition coefficient (Wildman–Crippen LogP) is 4.89. The number of fused-ring (bicyclic) bond motifs is 1. The van der Waals surface area contributed by atoms with E-state index in [1.165, 1.54) is 12.1 Å². The van der Waals surface area contributed by atoms with Gasteiger partial charge in [-0.15, -0.1) is 23.4 Å². The molecule has 28 heavy (non-hydrogen) atoms. The normalized spacial score (nSPS) is 11.7. The summed E-state index contributed by atoms with van der Waals surface area (Å²) in [6.45, 7) is 0.376. The second-order valence-corrected chi connectivity index (χ2v) is 6.62. The van der Waals surface area contributed by atoms with Crippen molar-refractivity contribution in [2.45, 2.75) is 12.9 Å². The Morgan fingerprint density at radius 3 is 2.75 bits per heavy atom. The van der Waals surface area contributed by atoms with Gasteiger partial charge in [0.1, 0.15) is 11.3 Å². The van der Waals surface area contributed by atoms with Crippen molar-refractivity contribution in [2.24, 2.45) is 0 Å². The Hall–Kier alpha value is -3.08. The first-order valence-electron chi connectivity index (χ1n) is 7.93. The monoisotopic (exact) mass is 453 g/mol. The molecule has 0 amide bonds. The van der Waals surface area contributed by atoms with Gasteiger partial charge in [-0.3, -0.25) is 0 Å². The van der Waals surface area contributed by atoms with Crippen LogP contribution >= 0.6 is 15.9 Å². The number of hydrogen-bond acceptors (Lipinski definition) is 6. The zero-order valence-electron chi connectivity index (χ0n) is 13.9. The van der Waals surface area contributed by atoms with Crippen LogP contribution in [0.1, 0.15) is 5.56 Å². The lowest BCUT2D eigenvalue weighted by atomic mass is 10.1. The molecule has 2 heterocycles. The highest BCUT2D eigenvalue weighted by atomic mass is 79.9. The fraction of sp³-hybridized carbons (Fsp3) is 0.118. The van der Waals surface area contributed by atoms with Gasteiger partial charge in [0, 0.05) is 23.7 Å². The van der Waals surface area contributed by atoms with Gasteiger partial charge in [-0.2, -0.15) is 5.21 Å². The summed E-state index contributed by atoms with van der Waals surface area (Å²) in [4.78, 5) is 0. The first-order chi connectivity index (χ1) is 13.4. The Bertz CT molecular complexity index is 1110. The number of H-pyrrole nitrogens is 1. The lowest BCUT2D eigenvalue weighted by molar-refractivity contribution is -0.274. The Labute approximate surface area is 164 Å². The van der Waals surface area contributed by atoms with E-state index in [2.05, 4.69) is 46.6 Å². The first-order valence-corrected chi connectivity index (χ1v) is 8.72. The van der Waals surface area contributed by atoms with Gasteiger partial charge in [-0.25, -0.2) is 0 Å². The van der Waals surface area contributed by atoms with Crippen LogP contribution in [0, 0.1) is 0 Å². The number of furan rings is 1. The minimum Gasteiger partial charge on any atom is -0.453 e. The molecule has 0 atom stereocenters. The molecule has 144 valence electrons. The van der Waals surface area contributed by atoms with Crippen LogP contribution in [0.5, 0.6) is 5.75 Å². The van der Waals surface area contributed by atoms with Crippen molar-refractivity contribution in [1.82, 2.24) is 20.6 Å². The maximum Gasteiger partial charge on any atom is 0.573 e. The van der Waals surface area contributed by atoms with E-state index in [9.17, 15) is 13.2 Å². The van der Waals surface area contributed by atoms with Crippen LogP contribution in [0.2, 0.25) is 0 Å². The Balaban J connectivity index is 1.50. The van der Waals surface area contributed by atoms with Crippen LogP contribution in [0.25, 0.3) is 22.6 Å². The molecule has 2 aromatic carbocycles. The highest BCUT2D eigenvalue weighted by Gasteiger charge is 2.32. The van der Waals surface area contributed by atoms with Crippen LogP contribution in [0.4, 0.5) is 18.9 Å². The number of nitrogens with zero attached hydrogens (tertiary/aromatic N) is 3. The smallest absolute Gasteiger partial charge is 0.453 e. The summed E-state index contributed by atoms with van der Waals surface area (Å²) in [7, 11) is 0. The average molecular weight is 454 g/mol. The van der Waals surface area contributed by atoms with Gasteiger partial charge in [0.05, 0.1) is 4.47 Å². The molecular weight excluding hydrogens is 443 g/mol. The molecule has 11 heteroatoms. The maximum atomic E-state index is 12.5. The molecule has 2 N–H and O–H groups in total. The van der Waals surface area contributed by atoms with Crippen LogP contribution in [-0.2, 0) is 6.54 Å². The summed E-state index contributed by atoms with van der Waals surface area (Å²) in [5, 5.41) is 17.5. The fourth-order valence-electron chi connectivity index (χ4n) is 2.58. The van der Waals surface area contributed by atoms with Crippen molar-refractivity contribution >= 4 is 32.6 Å². The summed E-state index contributed by atoms with van der Waals surface area (Å²) in [5.41, 5.74) is 1.99. The van der Waals surface area contributed by atoms with Gasteiger partial charge in [0.15, 0.2) is 5.76 Å². The average Bonchev–Trinajstić information content (AvgIpc) is 3.30. The molecule has 0 radical (unpaired) electrons. The quantitative estimate of drug-likeness (QED) is 0.447. The number of ether oxygens (including phenoxy) is 1. The van der Waals surface area contributed by atoms with Crippen LogP contribution in [0.15, 0.2) is 51.4 Å². The van der Waals surface area contributed by atoms with E-state index in [0.717, 1.165) is 10.9 Å². The standard InChI is InChI=1S/C17H11BrF3N5O2/c18-12-4-3-11(7-14(12)28-17(19,20)21)22-8-9-1-2-10-6-15(27-13(10)5-9)16-23-25-26-24-16/h1-7,22H,8H2,(H,23,24,25,26). The minimum atomic E-state index is -4.76. The summed E-state index contributed by atoms with van der Waals surface area (Å²) in [6, 6.07) is 11.8. The predicted molar refractivity (Wildman–Crippen MR) is 97.5 cm³/mol. The van der Waals surface area contributed by atoms with Crippen molar-refractivity contribution in [3.8, 4) is 17.3 Å². The third-order valence-corrected chi connectivity index (χ3v) is 4.46. The molecule has 0 spiro atoms. The zero-order valence-corrected chi connectivity index (χ0v) is 15.5. The largest absolute Gasteiger partial charge is 0.573 e. The number of tetrazole rings is 1. The van der Waals surface area contributed by atoms with Crippen molar-refractivity contribution in [2.75, 3.05) is 5.32 Å². The molecule has 0 fully saturated rings. The van der Waals surface area contributed by atoms with Gasteiger partial charge in [0.2, 0.25) is 5.82 Å². The molecule has 0 bridgehead atoms. The van der Waals surface area contributed by atoms with Gasteiger partial charge >= 0.3 is 6.36 Å². The van der Waals surface area contributed by atoms with Gasteiger partial charge in [-0.1, -0.05) is 12.1 Å². The van der Waals surface area contributed by atoms with E-state index in [-0.39, 0.29) is 10.2 Å². The SMILES string of the molecule is FC(F)(F)Oc1cc(NCc2ccc3cc(-c4nn[nH]n4)oc3c2)ccc1Br. The van der Waals surface area contributed by atoms with E-state index in [4.69, 9.17) is 4.42 Å². The summed E-state index contributed by atoms with van der Waals surface area (Å²) in [6.07, 6.45) is -4.76. The van der Waals surface area contributed by atoms with E-state index >= 15 is 0 Å². The van der Waals surface area contributed by atoms with Crippen molar-refractivity contribution in [3.63, 3.8) is 0 Å². The third-order valence-electron chi connectivity index (χ3n) is 3.80. The van der Waals surface area contributed by atoms with Crippen molar-refractivity contribution in [1.29, 1.82) is 0 Å². The number of aromatic amines is 1. The molecule has 0 saturated heterocycles. The van der Waals surface area contributed by atoms with E-state index < -0.39 is 6.36 Å². The number of rotatable bonds is 5. The number of hydrogen-bond donors (Lipinski definition) is 2. The number of aromatic nitrogens is 4. The Morgan fingerprint density at radius 2 is 2.00 bits per heavy atom. The van der Waals surface area contributed by atoms with Gasteiger partial charge < -0.3 is 14.5 Å². The lowest BCUT2D eigenvalue weighted by Crippen LogP contribution is -2.17. The minimum absolute atomic E-state index is 0.210. The van der Waals surface area contributed by atoms with Gasteiger partial charge in [-0.05, 0) is 51.0 Å². The first kappa shape index (κ1) is 18.3. The number of alkyl halides is 3. The molecule has 0 aliphatic rings. The number of nitrogens with one attached hydrogen (secondary N) is 2. The third kappa shape index (κ3) is 4.09. The van der Waals surface area contributed by atoms with E-state index in [1.807, 2.05) is 18.2 Å². The molecule has 4 rings (SSSR count).